The van der Waals surface area contributed by atoms with E-state index in [1.807, 2.05) is 16.8 Å². The van der Waals surface area contributed by atoms with E-state index < -0.39 is 11.5 Å². The summed E-state index contributed by atoms with van der Waals surface area (Å²) < 4.78 is 1.94. The van der Waals surface area contributed by atoms with Crippen LogP contribution in [-0.4, -0.2) is 27.1 Å². The summed E-state index contributed by atoms with van der Waals surface area (Å²) in [5.74, 6) is -1.28. The van der Waals surface area contributed by atoms with Gasteiger partial charge in [0.2, 0.25) is 0 Å². The molecule has 5 heteroatoms. The number of nitrogens with zero attached hydrogens (tertiary/aromatic N) is 1. The van der Waals surface area contributed by atoms with Crippen LogP contribution in [0.5, 0.6) is 0 Å². The number of carboxylic acids is 1. The van der Waals surface area contributed by atoms with Crippen LogP contribution in [0.25, 0.3) is 0 Å². The summed E-state index contributed by atoms with van der Waals surface area (Å²) in [5.41, 5.74) is -0.620. The Kier molecular flexibility index (Phi) is 3.64. The minimum atomic E-state index is -1.17. The standard InChI is InChI=1S/C14H20N2O3/c1-3-14(4-2,13(18)19)15-12(17)11-6-5-9-16(11)10-7-8-10/h5-6,9-10H,3-4,7-8H2,1-2H3,(H,15,17)(H,18,19). The van der Waals surface area contributed by atoms with Crippen molar-refractivity contribution in [3.8, 4) is 0 Å². The highest BCUT2D eigenvalue weighted by molar-refractivity contribution is 5.96. The number of aliphatic carboxylic acids is 1. The molecule has 0 bridgehead atoms. The first kappa shape index (κ1) is 13.6. The lowest BCUT2D eigenvalue weighted by Crippen LogP contribution is -2.54. The Hall–Kier alpha value is -1.78. The fourth-order valence-corrected chi connectivity index (χ4v) is 2.32. The molecule has 1 amide bonds. The zero-order chi connectivity index (χ0) is 14.0. The molecular weight excluding hydrogens is 244 g/mol. The molecule has 1 fully saturated rings. The third-order valence-electron chi connectivity index (χ3n) is 3.92. The lowest BCUT2D eigenvalue weighted by Gasteiger charge is -2.28. The van der Waals surface area contributed by atoms with Gasteiger partial charge in [-0.25, -0.2) is 4.79 Å². The largest absolute Gasteiger partial charge is 0.480 e. The van der Waals surface area contributed by atoms with Gasteiger partial charge in [-0.1, -0.05) is 13.8 Å². The zero-order valence-electron chi connectivity index (χ0n) is 11.3. The van der Waals surface area contributed by atoms with Gasteiger partial charge in [-0.2, -0.15) is 0 Å². The summed E-state index contributed by atoms with van der Waals surface area (Å²) >= 11 is 0. The summed E-state index contributed by atoms with van der Waals surface area (Å²) in [6.45, 7) is 3.55. The second kappa shape index (κ2) is 5.07. The van der Waals surface area contributed by atoms with Gasteiger partial charge in [-0.3, -0.25) is 4.79 Å². The third-order valence-corrected chi connectivity index (χ3v) is 3.92. The van der Waals surface area contributed by atoms with Crippen LogP contribution in [0.2, 0.25) is 0 Å². The summed E-state index contributed by atoms with van der Waals surface area (Å²) in [6, 6.07) is 3.97. The molecule has 1 aliphatic rings. The Morgan fingerprint density at radius 1 is 1.42 bits per heavy atom. The van der Waals surface area contributed by atoms with E-state index in [-0.39, 0.29) is 5.91 Å². The van der Waals surface area contributed by atoms with E-state index in [4.69, 9.17) is 0 Å². The number of carbonyl (C=O) groups is 2. The number of hydrogen-bond donors (Lipinski definition) is 2. The number of carboxylic acid groups (broad SMARTS) is 1. The van der Waals surface area contributed by atoms with Crippen molar-refractivity contribution >= 4 is 11.9 Å². The third kappa shape index (κ3) is 2.50. The Labute approximate surface area is 112 Å². The molecule has 1 aromatic heterocycles. The van der Waals surface area contributed by atoms with E-state index in [1.165, 1.54) is 0 Å². The van der Waals surface area contributed by atoms with E-state index >= 15 is 0 Å². The van der Waals surface area contributed by atoms with Crippen molar-refractivity contribution in [2.75, 3.05) is 0 Å². The van der Waals surface area contributed by atoms with Crippen LogP contribution in [0.3, 0.4) is 0 Å². The highest BCUT2D eigenvalue weighted by Crippen LogP contribution is 2.36. The summed E-state index contributed by atoms with van der Waals surface area (Å²) in [7, 11) is 0. The van der Waals surface area contributed by atoms with Crippen LogP contribution in [0.15, 0.2) is 18.3 Å². The van der Waals surface area contributed by atoms with Crippen LogP contribution in [-0.2, 0) is 4.79 Å². The Morgan fingerprint density at radius 2 is 2.05 bits per heavy atom. The average molecular weight is 264 g/mol. The summed E-state index contributed by atoms with van der Waals surface area (Å²) in [6.07, 6.45) is 4.79. The monoisotopic (exact) mass is 264 g/mol. The number of aromatic nitrogens is 1. The minimum absolute atomic E-state index is 0.303. The molecule has 0 aromatic carbocycles. The predicted octanol–water partition coefficient (Wildman–Crippen LogP) is 2.20. The SMILES string of the molecule is CCC(CC)(NC(=O)c1cccn1C1CC1)C(=O)O. The number of amides is 1. The molecule has 19 heavy (non-hydrogen) atoms. The molecule has 104 valence electrons. The van der Waals surface area contributed by atoms with E-state index in [0.29, 0.717) is 24.6 Å². The quantitative estimate of drug-likeness (QED) is 0.827. The molecule has 0 atom stereocenters. The van der Waals surface area contributed by atoms with Gasteiger partial charge in [-0.05, 0) is 37.8 Å². The molecule has 0 saturated heterocycles. The Bertz CT molecular complexity index is 485. The van der Waals surface area contributed by atoms with Crippen LogP contribution >= 0.6 is 0 Å². The molecule has 1 aromatic rings. The lowest BCUT2D eigenvalue weighted by molar-refractivity contribution is -0.144. The normalized spacial score (nSPS) is 15.3. The number of hydrogen-bond acceptors (Lipinski definition) is 2. The van der Waals surface area contributed by atoms with Crippen molar-refractivity contribution < 1.29 is 14.7 Å². The van der Waals surface area contributed by atoms with Crippen molar-refractivity contribution in [2.24, 2.45) is 0 Å². The molecule has 1 heterocycles. The molecule has 0 spiro atoms. The average Bonchev–Trinajstić information content (AvgIpc) is 3.12. The van der Waals surface area contributed by atoms with E-state index in [1.54, 1.807) is 19.9 Å². The van der Waals surface area contributed by atoms with E-state index in [2.05, 4.69) is 5.32 Å². The minimum Gasteiger partial charge on any atom is -0.480 e. The number of rotatable bonds is 6. The maximum atomic E-state index is 12.3. The molecule has 0 unspecified atom stereocenters. The molecule has 5 nitrogen and oxygen atoms in total. The maximum absolute atomic E-state index is 12.3. The zero-order valence-corrected chi connectivity index (χ0v) is 11.3. The molecule has 1 aliphatic carbocycles. The molecule has 0 radical (unpaired) electrons. The fourth-order valence-electron chi connectivity index (χ4n) is 2.32. The van der Waals surface area contributed by atoms with Gasteiger partial charge in [0.1, 0.15) is 11.2 Å². The molecule has 1 saturated carbocycles. The first-order chi connectivity index (χ1) is 9.04. The van der Waals surface area contributed by atoms with Gasteiger partial charge < -0.3 is 15.0 Å². The van der Waals surface area contributed by atoms with Gasteiger partial charge >= 0.3 is 5.97 Å². The first-order valence-corrected chi connectivity index (χ1v) is 6.77. The van der Waals surface area contributed by atoms with Crippen LogP contribution < -0.4 is 5.32 Å². The van der Waals surface area contributed by atoms with Crippen LogP contribution in [0.1, 0.15) is 56.1 Å². The number of nitrogens with one attached hydrogen (secondary N) is 1. The highest BCUT2D eigenvalue weighted by Gasteiger charge is 2.37. The fraction of sp³-hybridized carbons (Fsp3) is 0.571. The topological polar surface area (TPSA) is 71.3 Å². The van der Waals surface area contributed by atoms with Gasteiger partial charge in [0, 0.05) is 12.2 Å². The van der Waals surface area contributed by atoms with Gasteiger partial charge in [0.05, 0.1) is 0 Å². The van der Waals surface area contributed by atoms with Crippen LogP contribution in [0.4, 0.5) is 0 Å². The summed E-state index contributed by atoms with van der Waals surface area (Å²) in [5, 5.41) is 12.0. The van der Waals surface area contributed by atoms with Crippen LogP contribution in [0, 0.1) is 0 Å². The van der Waals surface area contributed by atoms with E-state index in [0.717, 1.165) is 12.8 Å². The van der Waals surface area contributed by atoms with Gasteiger partial charge in [-0.15, -0.1) is 0 Å². The van der Waals surface area contributed by atoms with Crippen molar-refractivity contribution in [1.29, 1.82) is 0 Å². The van der Waals surface area contributed by atoms with Crippen molar-refractivity contribution in [1.82, 2.24) is 9.88 Å². The van der Waals surface area contributed by atoms with Crippen molar-refractivity contribution in [3.63, 3.8) is 0 Å². The first-order valence-electron chi connectivity index (χ1n) is 6.77. The van der Waals surface area contributed by atoms with Gasteiger partial charge in [0.15, 0.2) is 0 Å². The summed E-state index contributed by atoms with van der Waals surface area (Å²) in [4.78, 5) is 23.7. The second-order valence-electron chi connectivity index (χ2n) is 5.08. The predicted molar refractivity (Wildman–Crippen MR) is 71.1 cm³/mol. The van der Waals surface area contributed by atoms with Crippen molar-refractivity contribution in [2.45, 2.75) is 51.1 Å². The van der Waals surface area contributed by atoms with E-state index in [9.17, 15) is 14.7 Å². The molecule has 2 rings (SSSR count). The van der Waals surface area contributed by atoms with Gasteiger partial charge in [0.25, 0.3) is 5.91 Å². The number of carbonyl (C=O) groups excluding carboxylic acids is 1. The smallest absolute Gasteiger partial charge is 0.329 e. The molecular formula is C14H20N2O3. The second-order valence-corrected chi connectivity index (χ2v) is 5.08. The van der Waals surface area contributed by atoms with Crippen molar-refractivity contribution in [3.05, 3.63) is 24.0 Å². The highest BCUT2D eigenvalue weighted by atomic mass is 16.4. The maximum Gasteiger partial charge on any atom is 0.329 e. The lowest BCUT2D eigenvalue weighted by atomic mass is 9.93. The Balaban J connectivity index is 2.19. The Morgan fingerprint density at radius 3 is 2.53 bits per heavy atom. The molecule has 0 aliphatic heterocycles. The molecule has 2 N–H and O–H groups in total.